The first-order valence-electron chi connectivity index (χ1n) is 10.2. The fourth-order valence-corrected chi connectivity index (χ4v) is 4.80. The Labute approximate surface area is 187 Å². The number of aromatic nitrogens is 1. The summed E-state index contributed by atoms with van der Waals surface area (Å²) in [4.78, 5) is 4.72. The third kappa shape index (κ3) is 4.24. The maximum absolute atomic E-state index is 13.6. The number of anilines is 2. The summed E-state index contributed by atoms with van der Waals surface area (Å²) in [7, 11) is -2.25. The van der Waals surface area contributed by atoms with Crippen molar-refractivity contribution in [1.29, 1.82) is 0 Å². The number of nitrogens with zero attached hydrogens (tertiary/aromatic N) is 1. The van der Waals surface area contributed by atoms with Crippen molar-refractivity contribution >= 4 is 32.1 Å². The number of aryl methyl sites for hydroxylation is 1. The molecule has 0 aliphatic rings. The molecule has 0 saturated heterocycles. The molecule has 0 aliphatic carbocycles. The van der Waals surface area contributed by atoms with E-state index in [1.165, 1.54) is 6.20 Å². The number of methoxy groups -OCH3 is 1. The van der Waals surface area contributed by atoms with Crippen molar-refractivity contribution in [3.63, 3.8) is 0 Å². The molecule has 4 aromatic rings. The average molecular weight is 449 g/mol. The Balaban J connectivity index is 1.95. The van der Waals surface area contributed by atoms with Crippen LogP contribution in [-0.4, -0.2) is 27.1 Å². The van der Waals surface area contributed by atoms with E-state index < -0.39 is 9.84 Å². The highest BCUT2D eigenvalue weighted by Gasteiger charge is 2.24. The summed E-state index contributed by atoms with van der Waals surface area (Å²) in [6.45, 7) is 4.31. The molecule has 0 aliphatic heterocycles. The Morgan fingerprint density at radius 3 is 2.47 bits per heavy atom. The van der Waals surface area contributed by atoms with E-state index >= 15 is 0 Å². The minimum atomic E-state index is -3.84. The maximum atomic E-state index is 13.6. The van der Waals surface area contributed by atoms with Gasteiger partial charge in [-0.1, -0.05) is 23.8 Å². The van der Waals surface area contributed by atoms with E-state index in [9.17, 15) is 8.42 Å². The Hall–Kier alpha value is -3.58. The van der Waals surface area contributed by atoms with Crippen molar-refractivity contribution in [3.8, 4) is 11.5 Å². The molecule has 32 heavy (non-hydrogen) atoms. The highest BCUT2D eigenvalue weighted by Crippen LogP contribution is 2.37. The van der Waals surface area contributed by atoms with Crippen molar-refractivity contribution in [2.24, 2.45) is 0 Å². The van der Waals surface area contributed by atoms with Gasteiger partial charge in [-0.15, -0.1) is 0 Å². The first-order chi connectivity index (χ1) is 15.4. The number of ether oxygens (including phenoxy) is 2. The molecule has 0 atom stereocenters. The topological polar surface area (TPSA) is 77.5 Å². The van der Waals surface area contributed by atoms with Gasteiger partial charge in [-0.3, -0.25) is 4.98 Å². The first-order valence-corrected chi connectivity index (χ1v) is 11.7. The highest BCUT2D eigenvalue weighted by atomic mass is 32.2. The Kier molecular flexibility index (Phi) is 6.01. The second-order valence-electron chi connectivity index (χ2n) is 7.28. The standard InChI is InChI=1S/C25H24N2O4S/c1-4-31-20-10-13-23-22(15-20)25(27-18-6-5-7-19(14-18)30-3)24(16-26-23)32(28,29)21-11-8-17(2)9-12-21/h5-16H,4H2,1-3H3,(H,26,27). The van der Waals surface area contributed by atoms with Crippen molar-refractivity contribution in [1.82, 2.24) is 4.98 Å². The molecule has 0 saturated carbocycles. The number of fused-ring (bicyclic) bond motifs is 1. The van der Waals surface area contributed by atoms with E-state index in [4.69, 9.17) is 9.47 Å². The van der Waals surface area contributed by atoms with Crippen LogP contribution in [-0.2, 0) is 9.84 Å². The van der Waals surface area contributed by atoms with E-state index in [1.807, 2.05) is 50.2 Å². The maximum Gasteiger partial charge on any atom is 0.210 e. The van der Waals surface area contributed by atoms with Crippen molar-refractivity contribution in [2.45, 2.75) is 23.6 Å². The lowest BCUT2D eigenvalue weighted by Crippen LogP contribution is -2.07. The molecule has 0 bridgehead atoms. The second-order valence-corrected chi connectivity index (χ2v) is 9.20. The summed E-state index contributed by atoms with van der Waals surface area (Å²) in [6, 6.07) is 19.6. The Morgan fingerprint density at radius 1 is 0.969 bits per heavy atom. The van der Waals surface area contributed by atoms with E-state index in [2.05, 4.69) is 10.3 Å². The second kappa shape index (κ2) is 8.88. The van der Waals surface area contributed by atoms with Crippen molar-refractivity contribution < 1.29 is 17.9 Å². The predicted molar refractivity (Wildman–Crippen MR) is 126 cm³/mol. The van der Waals surface area contributed by atoms with Crippen molar-refractivity contribution in [3.05, 3.63) is 78.5 Å². The Bertz CT molecular complexity index is 1370. The number of rotatable bonds is 7. The molecule has 3 aromatic carbocycles. The van der Waals surface area contributed by atoms with Crippen molar-refractivity contribution in [2.75, 3.05) is 19.0 Å². The minimum absolute atomic E-state index is 0.0883. The zero-order valence-electron chi connectivity index (χ0n) is 18.1. The van der Waals surface area contributed by atoms with Gasteiger partial charge in [-0.05, 0) is 56.3 Å². The van der Waals surface area contributed by atoms with Crippen LogP contribution in [0.2, 0.25) is 0 Å². The molecule has 0 amide bonds. The summed E-state index contributed by atoms with van der Waals surface area (Å²) in [5.74, 6) is 1.30. The monoisotopic (exact) mass is 448 g/mol. The quantitative estimate of drug-likeness (QED) is 0.401. The van der Waals surface area contributed by atoms with E-state index in [0.29, 0.717) is 40.4 Å². The van der Waals surface area contributed by atoms with Gasteiger partial charge in [0, 0.05) is 23.3 Å². The smallest absolute Gasteiger partial charge is 0.210 e. The number of hydrogen-bond acceptors (Lipinski definition) is 6. The van der Waals surface area contributed by atoms with Crippen LogP contribution >= 0.6 is 0 Å². The van der Waals surface area contributed by atoms with Gasteiger partial charge in [0.1, 0.15) is 16.4 Å². The van der Waals surface area contributed by atoms with Crippen LogP contribution in [0.5, 0.6) is 11.5 Å². The lowest BCUT2D eigenvalue weighted by molar-refractivity contribution is 0.340. The van der Waals surface area contributed by atoms with E-state index in [1.54, 1.807) is 37.4 Å². The van der Waals surface area contributed by atoms with Gasteiger partial charge in [0.15, 0.2) is 0 Å². The molecule has 0 radical (unpaired) electrons. The summed E-state index contributed by atoms with van der Waals surface area (Å²) < 4.78 is 38.2. The Morgan fingerprint density at radius 2 is 1.75 bits per heavy atom. The van der Waals surface area contributed by atoms with Gasteiger partial charge in [0.2, 0.25) is 9.84 Å². The summed E-state index contributed by atoms with van der Waals surface area (Å²) in [5, 5.41) is 3.94. The number of benzene rings is 3. The van der Waals surface area contributed by atoms with Crippen LogP contribution in [0.1, 0.15) is 12.5 Å². The summed E-state index contributed by atoms with van der Waals surface area (Å²) >= 11 is 0. The molecular formula is C25H24N2O4S. The number of sulfone groups is 1. The predicted octanol–water partition coefficient (Wildman–Crippen LogP) is 5.53. The van der Waals surface area contributed by atoms with Crippen LogP contribution in [0.15, 0.2) is 82.7 Å². The molecule has 7 heteroatoms. The molecule has 4 rings (SSSR count). The fraction of sp³-hybridized carbons (Fsp3) is 0.160. The van der Waals surface area contributed by atoms with E-state index in [0.717, 1.165) is 5.56 Å². The van der Waals surface area contributed by atoms with Crippen LogP contribution in [0, 0.1) is 6.92 Å². The number of hydrogen-bond donors (Lipinski definition) is 1. The zero-order chi connectivity index (χ0) is 22.7. The lowest BCUT2D eigenvalue weighted by Gasteiger charge is -2.16. The molecule has 6 nitrogen and oxygen atoms in total. The van der Waals surface area contributed by atoms with Crippen LogP contribution in [0.4, 0.5) is 11.4 Å². The first kappa shape index (κ1) is 21.6. The minimum Gasteiger partial charge on any atom is -0.497 e. The van der Waals surface area contributed by atoms with Gasteiger partial charge in [0.25, 0.3) is 0 Å². The molecule has 1 heterocycles. The average Bonchev–Trinajstić information content (AvgIpc) is 2.80. The largest absolute Gasteiger partial charge is 0.497 e. The summed E-state index contributed by atoms with van der Waals surface area (Å²) in [6.07, 6.45) is 1.40. The fourth-order valence-electron chi connectivity index (χ4n) is 3.43. The normalized spacial score (nSPS) is 11.3. The summed E-state index contributed by atoms with van der Waals surface area (Å²) in [5.41, 5.74) is 2.77. The van der Waals surface area contributed by atoms with Gasteiger partial charge in [-0.2, -0.15) is 0 Å². The third-order valence-electron chi connectivity index (χ3n) is 5.08. The lowest BCUT2D eigenvalue weighted by atomic mass is 10.1. The molecular weight excluding hydrogens is 424 g/mol. The molecule has 0 unspecified atom stereocenters. The number of nitrogens with one attached hydrogen (secondary N) is 1. The van der Waals surface area contributed by atoms with Gasteiger partial charge in [0.05, 0.1) is 29.8 Å². The van der Waals surface area contributed by atoms with Crippen LogP contribution < -0.4 is 14.8 Å². The molecule has 1 N–H and O–H groups in total. The molecule has 1 aromatic heterocycles. The molecule has 164 valence electrons. The van der Waals surface area contributed by atoms with Crippen LogP contribution in [0.3, 0.4) is 0 Å². The van der Waals surface area contributed by atoms with Gasteiger partial charge >= 0.3 is 0 Å². The molecule has 0 spiro atoms. The van der Waals surface area contributed by atoms with E-state index in [-0.39, 0.29) is 9.79 Å². The third-order valence-corrected chi connectivity index (χ3v) is 6.86. The molecule has 0 fully saturated rings. The SMILES string of the molecule is CCOc1ccc2ncc(S(=O)(=O)c3ccc(C)cc3)c(Nc3cccc(OC)c3)c2c1. The van der Waals surface area contributed by atoms with Gasteiger partial charge in [-0.25, -0.2) is 8.42 Å². The van der Waals surface area contributed by atoms with Gasteiger partial charge < -0.3 is 14.8 Å². The number of pyridine rings is 1. The zero-order valence-corrected chi connectivity index (χ0v) is 18.9. The highest BCUT2D eigenvalue weighted by molar-refractivity contribution is 7.91. The van der Waals surface area contributed by atoms with Crippen LogP contribution in [0.25, 0.3) is 10.9 Å².